The van der Waals surface area contributed by atoms with E-state index in [1.54, 1.807) is 18.5 Å². The molecule has 5 heteroatoms. The van der Waals surface area contributed by atoms with E-state index in [1.165, 1.54) is 14.0 Å². The van der Waals surface area contributed by atoms with E-state index in [0.717, 1.165) is 6.08 Å². The van der Waals surface area contributed by atoms with E-state index in [-0.39, 0.29) is 28.6 Å². The number of hydrogen-bond donors (Lipinski definition) is 0. The minimum absolute atomic E-state index is 0.0272. The number of hydrogen-bond acceptors (Lipinski definition) is 4. The maximum absolute atomic E-state index is 12.2. The van der Waals surface area contributed by atoms with Gasteiger partial charge in [-0.1, -0.05) is 0 Å². The molecule has 0 unspecified atom stereocenters. The molecule has 94 valence electrons. The second-order valence-electron chi connectivity index (χ2n) is 4.21. The average Bonchev–Trinajstić information content (AvgIpc) is 2.58. The number of carbonyl (C=O) groups is 3. The van der Waals surface area contributed by atoms with E-state index >= 15 is 0 Å². The molecule has 1 aliphatic carbocycles. The van der Waals surface area contributed by atoms with E-state index < -0.39 is 5.78 Å². The normalized spacial score (nSPS) is 14.3. The summed E-state index contributed by atoms with van der Waals surface area (Å²) in [6, 6.07) is 0. The van der Waals surface area contributed by atoms with Crippen LogP contribution in [0.3, 0.4) is 0 Å². The van der Waals surface area contributed by atoms with Crippen molar-refractivity contribution in [3.05, 3.63) is 34.3 Å². The van der Waals surface area contributed by atoms with Crippen molar-refractivity contribution in [2.75, 3.05) is 7.11 Å². The van der Waals surface area contributed by atoms with Gasteiger partial charge in [-0.25, -0.2) is 0 Å². The fraction of sp³-hybridized carbons (Fsp3) is 0.308. The lowest BCUT2D eigenvalue weighted by Crippen LogP contribution is -2.20. The SMILES string of the molecule is COC1=CC(=O)c2c(c(C(C)=O)c(C)n2C)C1=O. The Kier molecular flexibility index (Phi) is 2.69. The van der Waals surface area contributed by atoms with Gasteiger partial charge < -0.3 is 9.30 Å². The fourth-order valence-corrected chi connectivity index (χ4v) is 2.27. The molecule has 0 atom stereocenters. The van der Waals surface area contributed by atoms with Crippen molar-refractivity contribution >= 4 is 17.3 Å². The van der Waals surface area contributed by atoms with Gasteiger partial charge in [0, 0.05) is 24.4 Å². The quantitative estimate of drug-likeness (QED) is 0.742. The predicted molar refractivity (Wildman–Crippen MR) is 63.9 cm³/mol. The van der Waals surface area contributed by atoms with Crippen LogP contribution in [0.15, 0.2) is 11.8 Å². The van der Waals surface area contributed by atoms with Crippen molar-refractivity contribution in [1.82, 2.24) is 4.57 Å². The van der Waals surface area contributed by atoms with Crippen LogP contribution in [0.1, 0.15) is 43.8 Å². The number of rotatable bonds is 2. The van der Waals surface area contributed by atoms with Crippen LogP contribution < -0.4 is 0 Å². The maximum atomic E-state index is 12.2. The summed E-state index contributed by atoms with van der Waals surface area (Å²) in [5.74, 6) is -0.996. The van der Waals surface area contributed by atoms with Crippen LogP contribution in [0, 0.1) is 6.92 Å². The predicted octanol–water partition coefficient (Wildman–Crippen LogP) is 1.45. The Morgan fingerprint density at radius 1 is 1.33 bits per heavy atom. The molecule has 0 fully saturated rings. The lowest BCUT2D eigenvalue weighted by Gasteiger charge is -2.12. The summed E-state index contributed by atoms with van der Waals surface area (Å²) in [5.41, 5.74) is 1.32. The monoisotopic (exact) mass is 247 g/mol. The molecular weight excluding hydrogens is 234 g/mol. The number of Topliss-reactive ketones (excluding diaryl/α,β-unsaturated/α-hetero) is 2. The van der Waals surface area contributed by atoms with Crippen LogP contribution in [0.5, 0.6) is 0 Å². The third-order valence-corrected chi connectivity index (χ3v) is 3.21. The number of carbonyl (C=O) groups excluding carboxylic acids is 3. The van der Waals surface area contributed by atoms with Crippen LogP contribution >= 0.6 is 0 Å². The molecule has 0 radical (unpaired) electrons. The molecule has 18 heavy (non-hydrogen) atoms. The highest BCUT2D eigenvalue weighted by atomic mass is 16.5. The van der Waals surface area contributed by atoms with Crippen LogP contribution in [-0.2, 0) is 11.8 Å². The summed E-state index contributed by atoms with van der Waals surface area (Å²) in [5, 5.41) is 0. The van der Waals surface area contributed by atoms with Gasteiger partial charge in [-0.2, -0.15) is 0 Å². The van der Waals surface area contributed by atoms with Gasteiger partial charge >= 0.3 is 0 Å². The van der Waals surface area contributed by atoms with Crippen LogP contribution in [-0.4, -0.2) is 29.0 Å². The first-order valence-corrected chi connectivity index (χ1v) is 5.45. The minimum Gasteiger partial charge on any atom is -0.492 e. The van der Waals surface area contributed by atoms with Crippen LogP contribution in [0.2, 0.25) is 0 Å². The van der Waals surface area contributed by atoms with Gasteiger partial charge in [-0.15, -0.1) is 0 Å². The Labute approximate surface area is 104 Å². The minimum atomic E-state index is -0.416. The summed E-state index contributed by atoms with van der Waals surface area (Å²) < 4.78 is 6.46. The molecule has 1 heterocycles. The van der Waals surface area contributed by atoms with Crippen molar-refractivity contribution in [2.24, 2.45) is 7.05 Å². The highest BCUT2D eigenvalue weighted by Crippen LogP contribution is 2.29. The number of ether oxygens (including phenoxy) is 1. The van der Waals surface area contributed by atoms with E-state index in [4.69, 9.17) is 4.74 Å². The van der Waals surface area contributed by atoms with Crippen molar-refractivity contribution in [3.8, 4) is 0 Å². The van der Waals surface area contributed by atoms with Gasteiger partial charge in [-0.3, -0.25) is 14.4 Å². The number of ketones is 3. The van der Waals surface area contributed by atoms with Crippen molar-refractivity contribution in [3.63, 3.8) is 0 Å². The Morgan fingerprint density at radius 2 is 1.94 bits per heavy atom. The summed E-state index contributed by atoms with van der Waals surface area (Å²) >= 11 is 0. The third kappa shape index (κ3) is 1.44. The molecule has 5 nitrogen and oxygen atoms in total. The lowest BCUT2D eigenvalue weighted by atomic mass is 9.94. The number of aromatic nitrogens is 1. The van der Waals surface area contributed by atoms with Crippen molar-refractivity contribution in [2.45, 2.75) is 13.8 Å². The van der Waals surface area contributed by atoms with Gasteiger partial charge in [0.25, 0.3) is 0 Å². The molecule has 0 spiro atoms. The first-order valence-electron chi connectivity index (χ1n) is 5.45. The Hall–Kier alpha value is -2.17. The van der Waals surface area contributed by atoms with Crippen molar-refractivity contribution < 1.29 is 19.1 Å². The molecule has 0 bridgehead atoms. The van der Waals surface area contributed by atoms with E-state index in [0.29, 0.717) is 11.3 Å². The fourth-order valence-electron chi connectivity index (χ4n) is 2.27. The van der Waals surface area contributed by atoms with Crippen molar-refractivity contribution in [1.29, 1.82) is 0 Å². The second-order valence-corrected chi connectivity index (χ2v) is 4.21. The zero-order chi connectivity index (χ0) is 13.6. The molecule has 0 saturated carbocycles. The lowest BCUT2D eigenvalue weighted by molar-refractivity contribution is 0.0908. The average molecular weight is 247 g/mol. The van der Waals surface area contributed by atoms with E-state index in [1.807, 2.05) is 0 Å². The molecule has 1 aromatic rings. The maximum Gasteiger partial charge on any atom is 0.230 e. The first kappa shape index (κ1) is 12.3. The van der Waals surface area contributed by atoms with Gasteiger partial charge in [0.05, 0.1) is 12.7 Å². The summed E-state index contributed by atoms with van der Waals surface area (Å²) in [7, 11) is 2.99. The first-order chi connectivity index (χ1) is 8.40. The van der Waals surface area contributed by atoms with Gasteiger partial charge in [0.2, 0.25) is 11.6 Å². The molecule has 0 aliphatic heterocycles. The summed E-state index contributed by atoms with van der Waals surface area (Å²) in [6.45, 7) is 3.09. The Balaban J connectivity index is 2.82. The Bertz CT molecular complexity index is 619. The third-order valence-electron chi connectivity index (χ3n) is 3.21. The molecule has 1 aliphatic rings. The van der Waals surface area contributed by atoms with Gasteiger partial charge in [0.1, 0.15) is 5.69 Å². The van der Waals surface area contributed by atoms with Crippen LogP contribution in [0.4, 0.5) is 0 Å². The highest BCUT2D eigenvalue weighted by Gasteiger charge is 2.35. The van der Waals surface area contributed by atoms with Gasteiger partial charge in [-0.05, 0) is 13.8 Å². The molecule has 0 N–H and O–H groups in total. The standard InChI is InChI=1S/C13H13NO4/c1-6-10(7(2)15)11-12(14(6)3)8(16)5-9(18-4)13(11)17/h5H,1-4H3. The Morgan fingerprint density at radius 3 is 2.44 bits per heavy atom. The highest BCUT2D eigenvalue weighted by molar-refractivity contribution is 6.27. The molecular formula is C13H13NO4. The zero-order valence-corrected chi connectivity index (χ0v) is 10.7. The molecule has 1 aromatic heterocycles. The molecule has 0 saturated heterocycles. The summed E-state index contributed by atoms with van der Waals surface area (Å²) in [6.07, 6.45) is 1.16. The van der Waals surface area contributed by atoms with Gasteiger partial charge in [0.15, 0.2) is 11.5 Å². The second kappa shape index (κ2) is 3.94. The number of methoxy groups -OCH3 is 1. The molecule has 2 rings (SSSR count). The summed E-state index contributed by atoms with van der Waals surface area (Å²) in [4.78, 5) is 35.8. The van der Waals surface area contributed by atoms with Crippen LogP contribution in [0.25, 0.3) is 0 Å². The number of nitrogens with zero attached hydrogens (tertiary/aromatic N) is 1. The topological polar surface area (TPSA) is 65.4 Å². The zero-order valence-electron chi connectivity index (χ0n) is 10.7. The van der Waals surface area contributed by atoms with E-state index in [9.17, 15) is 14.4 Å². The smallest absolute Gasteiger partial charge is 0.230 e. The van der Waals surface area contributed by atoms with E-state index in [2.05, 4.69) is 0 Å². The number of allylic oxidation sites excluding steroid dienone is 2. The molecule has 0 amide bonds. The number of fused-ring (bicyclic) bond motifs is 1. The molecule has 0 aromatic carbocycles. The largest absolute Gasteiger partial charge is 0.492 e.